The van der Waals surface area contributed by atoms with E-state index in [1.165, 1.54) is 12.8 Å². The fraction of sp³-hybridized carbons (Fsp3) is 0.579. The van der Waals surface area contributed by atoms with Gasteiger partial charge in [0.15, 0.2) is 0 Å². The first-order chi connectivity index (χ1) is 12.2. The Morgan fingerprint density at radius 1 is 0.960 bits per heavy atom. The van der Waals surface area contributed by atoms with Crippen molar-refractivity contribution in [3.8, 4) is 0 Å². The van der Waals surface area contributed by atoms with Crippen LogP contribution in [0.15, 0.2) is 24.3 Å². The minimum absolute atomic E-state index is 0.0634. The maximum absolute atomic E-state index is 12.4. The lowest BCUT2D eigenvalue weighted by Crippen LogP contribution is -2.44. The highest BCUT2D eigenvalue weighted by Crippen LogP contribution is 2.26. The number of carbonyl (C=O) groups is 2. The summed E-state index contributed by atoms with van der Waals surface area (Å²) in [5, 5.41) is 4.38. The zero-order valence-electron chi connectivity index (χ0n) is 14.4. The molecule has 1 N–H and O–H groups in total. The van der Waals surface area contributed by atoms with Crippen LogP contribution in [-0.4, -0.2) is 60.6 Å². The summed E-state index contributed by atoms with van der Waals surface area (Å²) >= 11 is 0. The molecule has 0 bridgehead atoms. The van der Waals surface area contributed by atoms with Crippen LogP contribution in [0.2, 0.25) is 0 Å². The molecule has 0 radical (unpaired) electrons. The molecule has 6 nitrogen and oxygen atoms in total. The van der Waals surface area contributed by atoms with Crippen molar-refractivity contribution >= 4 is 11.8 Å². The molecule has 2 fully saturated rings. The Morgan fingerprint density at radius 3 is 2.16 bits per heavy atom. The largest absolute Gasteiger partial charge is 0.317 e. The molecule has 4 rings (SSSR count). The van der Waals surface area contributed by atoms with Crippen LogP contribution in [0.1, 0.15) is 46.4 Å². The molecule has 2 amide bonds. The molecule has 2 saturated heterocycles. The molecule has 6 heteroatoms. The number of piperidine rings is 2. The fourth-order valence-electron chi connectivity index (χ4n) is 4.04. The third-order valence-corrected chi connectivity index (χ3v) is 5.52. The van der Waals surface area contributed by atoms with Gasteiger partial charge in [0.2, 0.25) is 0 Å². The second-order valence-corrected chi connectivity index (χ2v) is 7.25. The molecular formula is C19H25N3O3. The molecule has 1 aromatic rings. The van der Waals surface area contributed by atoms with Gasteiger partial charge in [-0.1, -0.05) is 12.1 Å². The van der Waals surface area contributed by atoms with Gasteiger partial charge in [0.05, 0.1) is 17.2 Å². The Kier molecular flexibility index (Phi) is 4.83. The van der Waals surface area contributed by atoms with Crippen molar-refractivity contribution in [2.45, 2.75) is 31.8 Å². The van der Waals surface area contributed by atoms with Gasteiger partial charge in [-0.2, -0.15) is 0 Å². The van der Waals surface area contributed by atoms with Gasteiger partial charge in [-0.15, -0.1) is 5.06 Å². The summed E-state index contributed by atoms with van der Waals surface area (Å²) in [5.41, 5.74) is 0.881. The molecule has 0 spiro atoms. The van der Waals surface area contributed by atoms with E-state index in [1.807, 2.05) is 0 Å². The highest BCUT2D eigenvalue weighted by Gasteiger charge is 2.38. The SMILES string of the molecule is O=C1c2ccccc2C(=O)N1OC1CCN(CC2CCNCC2)CC1. The fourth-order valence-corrected chi connectivity index (χ4v) is 4.04. The van der Waals surface area contributed by atoms with Gasteiger partial charge in [-0.25, -0.2) is 0 Å². The molecule has 25 heavy (non-hydrogen) atoms. The van der Waals surface area contributed by atoms with Gasteiger partial charge in [0, 0.05) is 19.6 Å². The minimum Gasteiger partial charge on any atom is -0.317 e. The number of likely N-dealkylation sites (tertiary alicyclic amines) is 1. The van der Waals surface area contributed by atoms with Crippen molar-refractivity contribution in [1.29, 1.82) is 0 Å². The topological polar surface area (TPSA) is 61.9 Å². The first-order valence-electron chi connectivity index (χ1n) is 9.30. The standard InChI is InChI=1S/C19H25N3O3/c23-18-16-3-1-2-4-17(16)19(24)22(18)25-15-7-11-21(12-8-15)13-14-5-9-20-10-6-14/h1-4,14-15,20H,5-13H2. The first kappa shape index (κ1) is 16.7. The summed E-state index contributed by atoms with van der Waals surface area (Å²) in [6, 6.07) is 6.90. The Balaban J connectivity index is 1.29. The van der Waals surface area contributed by atoms with E-state index in [4.69, 9.17) is 4.84 Å². The number of amides is 2. The van der Waals surface area contributed by atoms with Gasteiger partial charge in [-0.05, 0) is 56.8 Å². The summed E-state index contributed by atoms with van der Waals surface area (Å²) in [5.74, 6) is 0.116. The Hall–Kier alpha value is -1.76. The molecular weight excluding hydrogens is 318 g/mol. The van der Waals surface area contributed by atoms with E-state index in [-0.39, 0.29) is 17.9 Å². The Morgan fingerprint density at radius 2 is 1.56 bits per heavy atom. The zero-order chi connectivity index (χ0) is 17.2. The van der Waals surface area contributed by atoms with Gasteiger partial charge >= 0.3 is 0 Å². The van der Waals surface area contributed by atoms with Gasteiger partial charge in [-0.3, -0.25) is 14.4 Å². The summed E-state index contributed by atoms with van der Waals surface area (Å²) in [4.78, 5) is 33.0. The number of nitrogens with zero attached hydrogens (tertiary/aromatic N) is 2. The highest BCUT2D eigenvalue weighted by atomic mass is 16.7. The first-order valence-corrected chi connectivity index (χ1v) is 9.30. The number of imide groups is 1. The van der Waals surface area contributed by atoms with E-state index < -0.39 is 0 Å². The monoisotopic (exact) mass is 343 g/mol. The molecule has 0 unspecified atom stereocenters. The number of rotatable bonds is 4. The average Bonchev–Trinajstić information content (AvgIpc) is 2.89. The zero-order valence-corrected chi connectivity index (χ0v) is 14.4. The summed E-state index contributed by atoms with van der Waals surface area (Å²) in [7, 11) is 0. The normalized spacial score (nSPS) is 23.3. The highest BCUT2D eigenvalue weighted by molar-refractivity contribution is 6.20. The third kappa shape index (κ3) is 3.47. The second kappa shape index (κ2) is 7.23. The predicted octanol–water partition coefficient (Wildman–Crippen LogP) is 1.68. The van der Waals surface area contributed by atoms with Crippen molar-refractivity contribution in [2.75, 3.05) is 32.7 Å². The number of fused-ring (bicyclic) bond motifs is 1. The number of hydrogen-bond acceptors (Lipinski definition) is 5. The van der Waals surface area contributed by atoms with E-state index >= 15 is 0 Å². The number of hydroxylamine groups is 2. The van der Waals surface area contributed by atoms with E-state index in [0.29, 0.717) is 11.1 Å². The quantitative estimate of drug-likeness (QED) is 0.843. The number of carbonyl (C=O) groups excluding carboxylic acids is 2. The van der Waals surface area contributed by atoms with Crippen molar-refractivity contribution in [1.82, 2.24) is 15.3 Å². The van der Waals surface area contributed by atoms with Crippen LogP contribution in [0.4, 0.5) is 0 Å². The minimum atomic E-state index is -0.335. The van der Waals surface area contributed by atoms with E-state index in [1.54, 1.807) is 24.3 Å². The molecule has 3 aliphatic rings. The molecule has 0 aliphatic carbocycles. The predicted molar refractivity (Wildman–Crippen MR) is 93.1 cm³/mol. The molecule has 134 valence electrons. The maximum Gasteiger partial charge on any atom is 0.285 e. The van der Waals surface area contributed by atoms with Crippen molar-refractivity contribution < 1.29 is 14.4 Å². The molecule has 0 atom stereocenters. The van der Waals surface area contributed by atoms with Crippen LogP contribution in [0.3, 0.4) is 0 Å². The lowest BCUT2D eigenvalue weighted by molar-refractivity contribution is -0.145. The number of benzene rings is 1. The average molecular weight is 343 g/mol. The smallest absolute Gasteiger partial charge is 0.285 e. The van der Waals surface area contributed by atoms with Gasteiger partial charge < -0.3 is 10.2 Å². The van der Waals surface area contributed by atoms with Crippen LogP contribution < -0.4 is 5.32 Å². The van der Waals surface area contributed by atoms with E-state index in [0.717, 1.165) is 56.5 Å². The summed E-state index contributed by atoms with van der Waals surface area (Å²) in [6.45, 7) is 5.35. The van der Waals surface area contributed by atoms with E-state index in [2.05, 4.69) is 10.2 Å². The third-order valence-electron chi connectivity index (χ3n) is 5.52. The van der Waals surface area contributed by atoms with Crippen molar-refractivity contribution in [2.24, 2.45) is 5.92 Å². The van der Waals surface area contributed by atoms with Crippen LogP contribution in [0, 0.1) is 5.92 Å². The van der Waals surface area contributed by atoms with Gasteiger partial charge in [0.1, 0.15) is 0 Å². The molecule has 3 heterocycles. The molecule has 0 aromatic heterocycles. The van der Waals surface area contributed by atoms with Gasteiger partial charge in [0.25, 0.3) is 11.8 Å². The van der Waals surface area contributed by atoms with Crippen molar-refractivity contribution in [3.63, 3.8) is 0 Å². The maximum atomic E-state index is 12.4. The second-order valence-electron chi connectivity index (χ2n) is 7.25. The summed E-state index contributed by atoms with van der Waals surface area (Å²) < 4.78 is 0. The number of nitrogens with one attached hydrogen (secondary N) is 1. The molecule has 0 saturated carbocycles. The lowest BCUT2D eigenvalue weighted by Gasteiger charge is -2.35. The Bertz CT molecular complexity index is 614. The van der Waals surface area contributed by atoms with Crippen LogP contribution in [0.5, 0.6) is 0 Å². The molecule has 3 aliphatic heterocycles. The van der Waals surface area contributed by atoms with Crippen LogP contribution in [-0.2, 0) is 4.84 Å². The lowest BCUT2D eigenvalue weighted by atomic mass is 9.96. The molecule has 1 aromatic carbocycles. The van der Waals surface area contributed by atoms with E-state index in [9.17, 15) is 9.59 Å². The summed E-state index contributed by atoms with van der Waals surface area (Å²) in [6.07, 6.45) is 4.17. The van der Waals surface area contributed by atoms with Crippen molar-refractivity contribution in [3.05, 3.63) is 35.4 Å². The Labute approximate surface area is 148 Å². The van der Waals surface area contributed by atoms with Crippen LogP contribution >= 0.6 is 0 Å². The van der Waals surface area contributed by atoms with Crippen LogP contribution in [0.25, 0.3) is 0 Å². The number of hydrogen-bond donors (Lipinski definition) is 1.